The zero-order valence-electron chi connectivity index (χ0n) is 11.6. The summed E-state index contributed by atoms with van der Waals surface area (Å²) in [5.41, 5.74) is -0.403. The van der Waals surface area contributed by atoms with E-state index in [1.807, 2.05) is 0 Å². The number of piperazine rings is 1. The first kappa shape index (κ1) is 14.9. The van der Waals surface area contributed by atoms with Gasteiger partial charge in [-0.15, -0.1) is 0 Å². The third kappa shape index (κ3) is 2.69. The maximum atomic E-state index is 13.6. The van der Waals surface area contributed by atoms with Crippen LogP contribution in [0.3, 0.4) is 0 Å². The minimum absolute atomic E-state index is 0.0360. The second-order valence-electron chi connectivity index (χ2n) is 5.09. The molecule has 1 N–H and O–H groups in total. The van der Waals surface area contributed by atoms with Crippen LogP contribution < -0.4 is 14.8 Å². The number of rotatable bonds is 4. The minimum Gasteiger partial charge on any atom is -0.454 e. The van der Waals surface area contributed by atoms with E-state index in [1.54, 1.807) is 4.90 Å². The monoisotopic (exact) mass is 315 g/mol. The number of nitrogens with zero attached hydrogens (tertiary/aromatic N) is 2. The number of alkyl halides is 2. The molecule has 1 atom stereocenters. The van der Waals surface area contributed by atoms with Crippen LogP contribution in [0, 0.1) is 10.1 Å². The molecule has 0 radical (unpaired) electrons. The van der Waals surface area contributed by atoms with Gasteiger partial charge in [0.1, 0.15) is 6.04 Å². The summed E-state index contributed by atoms with van der Waals surface area (Å²) in [6.45, 7) is 1.88. The first-order valence-corrected chi connectivity index (χ1v) is 6.89. The third-order valence-electron chi connectivity index (χ3n) is 3.82. The Bertz CT molecular complexity index is 579. The summed E-state index contributed by atoms with van der Waals surface area (Å²) in [4.78, 5) is 12.2. The van der Waals surface area contributed by atoms with E-state index in [0.717, 1.165) is 6.07 Å². The lowest BCUT2D eigenvalue weighted by Crippen LogP contribution is -2.47. The van der Waals surface area contributed by atoms with Crippen LogP contribution >= 0.6 is 0 Å². The maximum Gasteiger partial charge on any atom is 0.278 e. The summed E-state index contributed by atoms with van der Waals surface area (Å²) in [6, 6.07) is 1.13. The standard InChI is InChI=1S/C13H15F2N3O4/c14-13(15)12(17-3-1-16-2-4-17)8-5-10-11(22-7-21-10)6-9(8)18(19)20/h5-6,12-13,16H,1-4,7H2/t12-/m0/s1. The molecule has 3 rings (SSSR count). The van der Waals surface area contributed by atoms with Gasteiger partial charge in [-0.1, -0.05) is 0 Å². The first-order valence-electron chi connectivity index (χ1n) is 6.89. The van der Waals surface area contributed by atoms with Crippen molar-refractivity contribution in [3.05, 3.63) is 27.8 Å². The van der Waals surface area contributed by atoms with Crippen molar-refractivity contribution in [3.63, 3.8) is 0 Å². The highest BCUT2D eigenvalue weighted by atomic mass is 19.3. The molecular weight excluding hydrogens is 300 g/mol. The average molecular weight is 315 g/mol. The number of nitro benzene ring substituents is 1. The fraction of sp³-hybridized carbons (Fsp3) is 0.538. The Kier molecular flexibility index (Phi) is 4.08. The maximum absolute atomic E-state index is 13.6. The normalized spacial score (nSPS) is 19.4. The fourth-order valence-electron chi connectivity index (χ4n) is 2.79. The van der Waals surface area contributed by atoms with Gasteiger partial charge in [0.05, 0.1) is 16.6 Å². The van der Waals surface area contributed by atoms with Crippen LogP contribution in [0.2, 0.25) is 0 Å². The van der Waals surface area contributed by atoms with E-state index in [-0.39, 0.29) is 29.5 Å². The Morgan fingerprint density at radius 2 is 1.86 bits per heavy atom. The van der Waals surface area contributed by atoms with E-state index in [2.05, 4.69) is 5.32 Å². The molecule has 0 aromatic heterocycles. The number of benzene rings is 1. The molecule has 120 valence electrons. The third-order valence-corrected chi connectivity index (χ3v) is 3.82. The van der Waals surface area contributed by atoms with Crippen molar-refractivity contribution in [1.82, 2.24) is 10.2 Å². The highest BCUT2D eigenvalue weighted by molar-refractivity contribution is 5.56. The van der Waals surface area contributed by atoms with Crippen LogP contribution in [0.1, 0.15) is 11.6 Å². The lowest BCUT2D eigenvalue weighted by Gasteiger charge is -2.34. The van der Waals surface area contributed by atoms with E-state index in [4.69, 9.17) is 9.47 Å². The zero-order valence-corrected chi connectivity index (χ0v) is 11.6. The largest absolute Gasteiger partial charge is 0.454 e. The van der Waals surface area contributed by atoms with Crippen LogP contribution in [0.4, 0.5) is 14.5 Å². The first-order chi connectivity index (χ1) is 10.6. The molecule has 1 saturated heterocycles. The van der Waals surface area contributed by atoms with E-state index in [9.17, 15) is 18.9 Å². The molecule has 9 heteroatoms. The number of ether oxygens (including phenoxy) is 2. The average Bonchev–Trinajstić information content (AvgIpc) is 2.94. The van der Waals surface area contributed by atoms with Crippen molar-refractivity contribution in [2.45, 2.75) is 12.5 Å². The molecule has 1 fully saturated rings. The van der Waals surface area contributed by atoms with Gasteiger partial charge in [0.25, 0.3) is 12.1 Å². The van der Waals surface area contributed by atoms with Crippen molar-refractivity contribution in [3.8, 4) is 11.5 Å². The Morgan fingerprint density at radius 3 is 2.45 bits per heavy atom. The van der Waals surface area contributed by atoms with Gasteiger partial charge in [-0.3, -0.25) is 15.0 Å². The van der Waals surface area contributed by atoms with Crippen molar-refractivity contribution < 1.29 is 23.2 Å². The van der Waals surface area contributed by atoms with Gasteiger partial charge >= 0.3 is 0 Å². The Morgan fingerprint density at radius 1 is 1.23 bits per heavy atom. The lowest BCUT2D eigenvalue weighted by molar-refractivity contribution is -0.386. The SMILES string of the molecule is O=[N+]([O-])c1cc2c(cc1[C@@H](C(F)F)N1CCNCC1)OCO2. The molecule has 2 aliphatic heterocycles. The number of halogens is 2. The molecule has 0 aliphatic carbocycles. The quantitative estimate of drug-likeness (QED) is 0.671. The summed E-state index contributed by atoms with van der Waals surface area (Å²) >= 11 is 0. The molecule has 0 saturated carbocycles. The van der Waals surface area contributed by atoms with Crippen LogP contribution in [-0.2, 0) is 0 Å². The molecule has 22 heavy (non-hydrogen) atoms. The second kappa shape index (κ2) is 6.01. The molecule has 1 aromatic carbocycles. The number of nitrogens with one attached hydrogen (secondary N) is 1. The van der Waals surface area contributed by atoms with Crippen molar-refractivity contribution in [2.24, 2.45) is 0 Å². The zero-order chi connectivity index (χ0) is 15.7. The van der Waals surface area contributed by atoms with E-state index >= 15 is 0 Å². The fourth-order valence-corrected chi connectivity index (χ4v) is 2.79. The molecule has 0 unspecified atom stereocenters. The van der Waals surface area contributed by atoms with Crippen molar-refractivity contribution >= 4 is 5.69 Å². The van der Waals surface area contributed by atoms with Gasteiger partial charge in [0.15, 0.2) is 11.5 Å². The highest BCUT2D eigenvalue weighted by Gasteiger charge is 2.37. The number of hydrogen-bond donors (Lipinski definition) is 1. The predicted molar refractivity (Wildman–Crippen MR) is 72.4 cm³/mol. The molecular formula is C13H15F2N3O4. The number of hydrogen-bond acceptors (Lipinski definition) is 6. The number of nitro groups is 1. The summed E-state index contributed by atoms with van der Waals surface area (Å²) in [7, 11) is 0. The van der Waals surface area contributed by atoms with Crippen LogP contribution in [0.15, 0.2) is 12.1 Å². The Labute approximate surface area is 124 Å². The van der Waals surface area contributed by atoms with E-state index in [1.165, 1.54) is 6.07 Å². The van der Waals surface area contributed by atoms with Crippen molar-refractivity contribution in [1.29, 1.82) is 0 Å². The minimum atomic E-state index is -2.74. The molecule has 2 heterocycles. The van der Waals surface area contributed by atoms with Crippen LogP contribution in [0.5, 0.6) is 11.5 Å². The lowest BCUT2D eigenvalue weighted by atomic mass is 10.0. The van der Waals surface area contributed by atoms with Gasteiger partial charge in [-0.25, -0.2) is 8.78 Å². The van der Waals surface area contributed by atoms with E-state index < -0.39 is 17.4 Å². The Hall–Kier alpha value is -2.00. The van der Waals surface area contributed by atoms with Gasteiger partial charge in [-0.05, 0) is 6.07 Å². The highest BCUT2D eigenvalue weighted by Crippen LogP contribution is 2.43. The Balaban J connectivity index is 2.04. The molecule has 0 spiro atoms. The van der Waals surface area contributed by atoms with Crippen molar-refractivity contribution in [2.75, 3.05) is 33.0 Å². The van der Waals surface area contributed by atoms with E-state index in [0.29, 0.717) is 26.2 Å². The summed E-state index contributed by atoms with van der Waals surface area (Å²) < 4.78 is 37.5. The van der Waals surface area contributed by atoms with Gasteiger partial charge in [-0.2, -0.15) is 0 Å². The molecule has 2 aliphatic rings. The summed E-state index contributed by atoms with van der Waals surface area (Å²) in [5, 5.41) is 14.3. The topological polar surface area (TPSA) is 76.9 Å². The second-order valence-corrected chi connectivity index (χ2v) is 5.09. The van der Waals surface area contributed by atoms with Crippen LogP contribution in [-0.4, -0.2) is 49.2 Å². The van der Waals surface area contributed by atoms with Gasteiger partial charge in [0, 0.05) is 26.2 Å². The summed E-state index contributed by atoms with van der Waals surface area (Å²) in [5.74, 6) is 0.477. The van der Waals surface area contributed by atoms with Gasteiger partial charge in [0.2, 0.25) is 6.79 Å². The smallest absolute Gasteiger partial charge is 0.278 e. The number of fused-ring (bicyclic) bond motifs is 1. The molecule has 7 nitrogen and oxygen atoms in total. The predicted octanol–water partition coefficient (Wildman–Crippen LogP) is 1.53. The molecule has 0 bridgehead atoms. The van der Waals surface area contributed by atoms with Gasteiger partial charge < -0.3 is 14.8 Å². The molecule has 0 amide bonds. The summed E-state index contributed by atoms with van der Waals surface area (Å²) in [6.07, 6.45) is -2.74. The molecule has 1 aromatic rings. The van der Waals surface area contributed by atoms with Crippen LogP contribution in [0.25, 0.3) is 0 Å².